The fourth-order valence-electron chi connectivity index (χ4n) is 3.68. The van der Waals surface area contributed by atoms with Gasteiger partial charge in [-0.05, 0) is 68.1 Å². The van der Waals surface area contributed by atoms with Gasteiger partial charge in [-0.15, -0.1) is 0 Å². The van der Waals surface area contributed by atoms with E-state index in [9.17, 15) is 19.5 Å². The van der Waals surface area contributed by atoms with Gasteiger partial charge in [-0.1, -0.05) is 42.2 Å². The largest absolute Gasteiger partial charge is 0.391 e. The second kappa shape index (κ2) is 13.9. The van der Waals surface area contributed by atoms with E-state index in [1.807, 2.05) is 54.4 Å². The third kappa shape index (κ3) is 8.68. The molecule has 196 valence electrons. The van der Waals surface area contributed by atoms with Gasteiger partial charge in [0.2, 0.25) is 5.91 Å². The number of hydrogen-bond acceptors (Lipinski definition) is 6. The number of aliphatic hydroxyl groups excluding tert-OH is 2. The number of anilines is 1. The summed E-state index contributed by atoms with van der Waals surface area (Å²) in [4.78, 5) is 38.4. The summed E-state index contributed by atoms with van der Waals surface area (Å²) in [5, 5.41) is 24.0. The number of carbonyl (C=O) groups excluding carboxylic acids is 3. The normalized spacial score (nSPS) is 12.1. The van der Waals surface area contributed by atoms with E-state index in [0.717, 1.165) is 11.1 Å². The lowest BCUT2D eigenvalue weighted by atomic mass is 10.1. The van der Waals surface area contributed by atoms with Crippen LogP contribution >= 0.6 is 0 Å². The number of hydrogen-bond donors (Lipinski definition) is 4. The summed E-state index contributed by atoms with van der Waals surface area (Å²) in [5.41, 5.74) is 3.55. The molecule has 2 atom stereocenters. The second-order valence-corrected chi connectivity index (χ2v) is 8.93. The van der Waals surface area contributed by atoms with Crippen LogP contribution in [0.15, 0.2) is 78.9 Å². The molecule has 0 spiro atoms. The number of amides is 2. The van der Waals surface area contributed by atoms with Crippen molar-refractivity contribution in [3.63, 3.8) is 0 Å². The van der Waals surface area contributed by atoms with Crippen LogP contribution in [0, 0.1) is 11.8 Å². The van der Waals surface area contributed by atoms with Crippen LogP contribution in [0.3, 0.4) is 0 Å². The average Bonchev–Trinajstić information content (AvgIpc) is 2.91. The van der Waals surface area contributed by atoms with Crippen LogP contribution in [0.5, 0.6) is 0 Å². The first-order chi connectivity index (χ1) is 18.2. The number of ketones is 1. The molecule has 8 nitrogen and oxygen atoms in total. The maximum Gasteiger partial charge on any atom is 0.251 e. The third-order valence-corrected chi connectivity index (χ3v) is 5.65. The summed E-state index contributed by atoms with van der Waals surface area (Å²) in [5.74, 6) is 4.75. The Balaban J connectivity index is 1.53. The topological polar surface area (TPSA) is 119 Å². The highest BCUT2D eigenvalue weighted by molar-refractivity contribution is 5.98. The van der Waals surface area contributed by atoms with Crippen LogP contribution in [0.25, 0.3) is 0 Å². The molecular weight excluding hydrogens is 482 g/mol. The Labute approximate surface area is 222 Å². The van der Waals surface area contributed by atoms with Gasteiger partial charge in [-0.25, -0.2) is 0 Å². The molecule has 4 N–H and O–H groups in total. The number of aliphatic hydroxyl groups is 2. The molecule has 0 aromatic heterocycles. The molecule has 3 aromatic rings. The van der Waals surface area contributed by atoms with Crippen LogP contribution in [0.2, 0.25) is 0 Å². The minimum atomic E-state index is -1.19. The van der Waals surface area contributed by atoms with Crippen LogP contribution in [0.4, 0.5) is 5.69 Å². The molecule has 38 heavy (non-hydrogen) atoms. The Hall–Kier alpha value is -4.29. The molecule has 0 radical (unpaired) electrons. The second-order valence-electron chi connectivity index (χ2n) is 8.93. The van der Waals surface area contributed by atoms with Crippen molar-refractivity contribution >= 4 is 23.3 Å². The van der Waals surface area contributed by atoms with Crippen molar-refractivity contribution in [2.45, 2.75) is 25.6 Å². The fraction of sp³-hybridized carbons (Fsp3) is 0.233. The van der Waals surface area contributed by atoms with Crippen LogP contribution in [-0.4, -0.2) is 65.1 Å². The molecule has 0 aliphatic heterocycles. The zero-order valence-electron chi connectivity index (χ0n) is 21.3. The maximum absolute atomic E-state index is 12.4. The third-order valence-electron chi connectivity index (χ3n) is 5.65. The van der Waals surface area contributed by atoms with Gasteiger partial charge in [0.05, 0.1) is 12.6 Å². The summed E-state index contributed by atoms with van der Waals surface area (Å²) in [7, 11) is 1.90. The zero-order valence-corrected chi connectivity index (χ0v) is 21.3. The first-order valence-electron chi connectivity index (χ1n) is 12.1. The molecule has 0 saturated carbocycles. The minimum Gasteiger partial charge on any atom is -0.391 e. The van der Waals surface area contributed by atoms with E-state index in [1.54, 1.807) is 36.4 Å². The Morgan fingerprint density at radius 1 is 0.895 bits per heavy atom. The quantitative estimate of drug-likeness (QED) is 0.309. The highest BCUT2D eigenvalue weighted by atomic mass is 16.3. The van der Waals surface area contributed by atoms with Gasteiger partial charge < -0.3 is 20.8 Å². The first kappa shape index (κ1) is 28.3. The zero-order chi connectivity index (χ0) is 27.5. The van der Waals surface area contributed by atoms with Crippen LogP contribution in [0.1, 0.15) is 34.0 Å². The molecule has 0 fully saturated rings. The van der Waals surface area contributed by atoms with E-state index in [0.29, 0.717) is 23.4 Å². The number of carbonyl (C=O) groups is 3. The van der Waals surface area contributed by atoms with Gasteiger partial charge in [0.15, 0.2) is 5.78 Å². The van der Waals surface area contributed by atoms with E-state index in [1.165, 1.54) is 6.92 Å². The number of nitrogens with one attached hydrogen (secondary N) is 2. The number of benzene rings is 3. The summed E-state index contributed by atoms with van der Waals surface area (Å²) in [6, 6.07) is 22.5. The van der Waals surface area contributed by atoms with Gasteiger partial charge in [0.25, 0.3) is 5.91 Å². The van der Waals surface area contributed by atoms with Crippen molar-refractivity contribution < 1.29 is 24.6 Å². The lowest BCUT2D eigenvalue weighted by molar-refractivity contribution is -0.126. The van der Waals surface area contributed by atoms with E-state index in [4.69, 9.17) is 5.11 Å². The minimum absolute atomic E-state index is 0.105. The van der Waals surface area contributed by atoms with Crippen molar-refractivity contribution in [2.75, 3.05) is 25.5 Å². The number of rotatable bonds is 10. The molecule has 0 aliphatic rings. The molecular formula is C30H31N3O5. The Morgan fingerprint density at radius 2 is 1.47 bits per heavy atom. The summed E-state index contributed by atoms with van der Waals surface area (Å²) in [6.45, 7) is 1.54. The van der Waals surface area contributed by atoms with Gasteiger partial charge in [-0.2, -0.15) is 0 Å². The fourth-order valence-corrected chi connectivity index (χ4v) is 3.68. The molecule has 0 aliphatic carbocycles. The maximum atomic E-state index is 12.4. The van der Waals surface area contributed by atoms with Crippen LogP contribution < -0.4 is 10.6 Å². The highest BCUT2D eigenvalue weighted by Gasteiger charge is 2.25. The van der Waals surface area contributed by atoms with Gasteiger partial charge in [-0.3, -0.25) is 19.3 Å². The Kier molecular flexibility index (Phi) is 10.3. The standard InChI is InChI=1S/C30H31N3O5/c1-21(35)29(27(36)20-34)32-30(38)25-14-10-22(11-15-25)8-9-23-12-16-26(17-13-23)31-28(37)19-33(2)18-24-6-4-3-5-7-24/h3-7,10-17,21,29,34-35H,18-20H2,1-2H3,(H,31,37)(H,32,38)/t21-,29+/m1/s1. The number of Topliss-reactive ketones (excluding diaryl/α,β-unsaturated/α-hetero) is 1. The van der Waals surface area contributed by atoms with E-state index >= 15 is 0 Å². The molecule has 0 saturated heterocycles. The van der Waals surface area contributed by atoms with E-state index in [2.05, 4.69) is 22.5 Å². The summed E-state index contributed by atoms with van der Waals surface area (Å²) in [6.07, 6.45) is -1.13. The molecule has 3 rings (SSSR count). The van der Waals surface area contributed by atoms with Crippen molar-refractivity contribution in [1.29, 1.82) is 0 Å². The van der Waals surface area contributed by atoms with Crippen molar-refractivity contribution in [1.82, 2.24) is 10.2 Å². The van der Waals surface area contributed by atoms with Crippen molar-refractivity contribution in [3.8, 4) is 11.8 Å². The summed E-state index contributed by atoms with van der Waals surface area (Å²) >= 11 is 0. The Bertz CT molecular complexity index is 1290. The van der Waals surface area contributed by atoms with Crippen LogP contribution in [-0.2, 0) is 16.1 Å². The van der Waals surface area contributed by atoms with E-state index in [-0.39, 0.29) is 12.5 Å². The molecule has 0 heterocycles. The van der Waals surface area contributed by atoms with Crippen molar-refractivity contribution in [3.05, 3.63) is 101 Å². The highest BCUT2D eigenvalue weighted by Crippen LogP contribution is 2.11. The van der Waals surface area contributed by atoms with Gasteiger partial charge in [0.1, 0.15) is 12.6 Å². The lowest BCUT2D eigenvalue weighted by Gasteiger charge is -2.19. The average molecular weight is 514 g/mol. The SMILES string of the molecule is C[C@@H](O)[C@H](NC(=O)c1ccc(C#Cc2ccc(NC(=O)CN(C)Cc3ccccc3)cc2)cc1)C(=O)CO. The lowest BCUT2D eigenvalue weighted by Crippen LogP contribution is -2.48. The van der Waals surface area contributed by atoms with Crippen molar-refractivity contribution in [2.24, 2.45) is 0 Å². The number of likely N-dealkylation sites (N-methyl/N-ethyl adjacent to an activating group) is 1. The Morgan fingerprint density at radius 3 is 2.03 bits per heavy atom. The van der Waals surface area contributed by atoms with Gasteiger partial charge >= 0.3 is 0 Å². The molecule has 3 aromatic carbocycles. The monoisotopic (exact) mass is 513 g/mol. The molecule has 0 unspecified atom stereocenters. The smallest absolute Gasteiger partial charge is 0.251 e. The van der Waals surface area contributed by atoms with E-state index < -0.39 is 30.4 Å². The number of nitrogens with zero attached hydrogens (tertiary/aromatic N) is 1. The predicted molar refractivity (Wildman–Crippen MR) is 145 cm³/mol. The molecule has 0 bridgehead atoms. The molecule has 2 amide bonds. The first-order valence-corrected chi connectivity index (χ1v) is 12.1. The van der Waals surface area contributed by atoms with Gasteiger partial charge in [0, 0.05) is 28.9 Å². The molecule has 8 heteroatoms. The predicted octanol–water partition coefficient (Wildman–Crippen LogP) is 2.20. The summed E-state index contributed by atoms with van der Waals surface area (Å²) < 4.78 is 0.